The Morgan fingerprint density at radius 3 is 3.04 bits per heavy atom. The minimum atomic E-state index is -0.343. The molecule has 0 saturated carbocycles. The van der Waals surface area contributed by atoms with Crippen LogP contribution in [0.2, 0.25) is 0 Å². The lowest BCUT2D eigenvalue weighted by Gasteiger charge is -2.18. The summed E-state index contributed by atoms with van der Waals surface area (Å²) in [5, 5.41) is 3.44. The molecular weight excluding hydrogens is 350 g/mol. The smallest absolute Gasteiger partial charge is 0.341 e. The Hall–Kier alpha value is -2.34. The number of ether oxygens (including phenoxy) is 1. The quantitative estimate of drug-likeness (QED) is 0.589. The summed E-state index contributed by atoms with van der Waals surface area (Å²) in [6.45, 7) is 4.55. The van der Waals surface area contributed by atoms with Gasteiger partial charge < -0.3 is 14.5 Å². The van der Waals surface area contributed by atoms with Crippen LogP contribution in [0.15, 0.2) is 28.9 Å². The predicted molar refractivity (Wildman–Crippen MR) is 102 cm³/mol. The van der Waals surface area contributed by atoms with E-state index in [1.165, 1.54) is 22.3 Å². The molecule has 0 saturated heterocycles. The second-order valence-corrected chi connectivity index (χ2v) is 7.63. The Bertz CT molecular complexity index is 804. The van der Waals surface area contributed by atoms with Crippen LogP contribution in [0, 0.1) is 5.92 Å². The Kier molecular flexibility index (Phi) is 5.93. The molecule has 1 aliphatic carbocycles. The van der Waals surface area contributed by atoms with E-state index in [4.69, 9.17) is 9.15 Å². The monoisotopic (exact) mass is 373 g/mol. The summed E-state index contributed by atoms with van der Waals surface area (Å²) >= 11 is 1.49. The summed E-state index contributed by atoms with van der Waals surface area (Å²) in [5.41, 5.74) is 1.57. The Morgan fingerprint density at radius 1 is 1.46 bits per heavy atom. The van der Waals surface area contributed by atoms with E-state index in [1.54, 1.807) is 24.5 Å². The van der Waals surface area contributed by atoms with E-state index in [1.807, 2.05) is 6.92 Å². The fraction of sp³-hybridized carbons (Fsp3) is 0.400. The highest BCUT2D eigenvalue weighted by Gasteiger charge is 2.28. The molecule has 0 bridgehead atoms. The average Bonchev–Trinajstić information content (AvgIpc) is 3.24. The molecule has 0 fully saturated rings. The number of esters is 1. The van der Waals surface area contributed by atoms with Crippen molar-refractivity contribution in [3.8, 4) is 0 Å². The number of carbonyl (C=O) groups is 2. The van der Waals surface area contributed by atoms with Crippen LogP contribution < -0.4 is 5.32 Å². The Morgan fingerprint density at radius 2 is 2.31 bits per heavy atom. The van der Waals surface area contributed by atoms with Gasteiger partial charge in [0.05, 0.1) is 18.4 Å². The highest BCUT2D eigenvalue weighted by atomic mass is 32.1. The van der Waals surface area contributed by atoms with Gasteiger partial charge in [-0.1, -0.05) is 13.8 Å². The molecule has 0 spiro atoms. The van der Waals surface area contributed by atoms with Crippen LogP contribution in [-0.2, 0) is 22.4 Å². The van der Waals surface area contributed by atoms with E-state index in [-0.39, 0.29) is 11.9 Å². The standard InChI is InChI=1S/C20H23NO4S/c1-3-10-25-20(23)18-15-8-6-13(2)12-16(15)26-19(18)21-17(22)9-7-14-5-4-11-24-14/h4-5,7,9,11,13H,3,6,8,10,12H2,1-2H3,(H,21,22)/b9-7-/t13-/m1/s1. The molecule has 0 radical (unpaired) electrons. The molecule has 2 heterocycles. The second-order valence-electron chi connectivity index (χ2n) is 6.53. The molecule has 6 heteroatoms. The Balaban J connectivity index is 1.83. The highest BCUT2D eigenvalue weighted by Crippen LogP contribution is 2.40. The zero-order chi connectivity index (χ0) is 18.5. The molecule has 26 heavy (non-hydrogen) atoms. The molecule has 1 aliphatic rings. The van der Waals surface area contributed by atoms with E-state index >= 15 is 0 Å². The van der Waals surface area contributed by atoms with Crippen molar-refractivity contribution in [2.45, 2.75) is 39.5 Å². The highest BCUT2D eigenvalue weighted by molar-refractivity contribution is 7.17. The summed E-state index contributed by atoms with van der Waals surface area (Å²) in [6.07, 6.45) is 8.15. The molecule has 0 unspecified atom stereocenters. The van der Waals surface area contributed by atoms with Crippen molar-refractivity contribution in [3.63, 3.8) is 0 Å². The SMILES string of the molecule is CCCOC(=O)c1c(NC(=O)/C=C\c2ccco2)sc2c1CC[C@@H](C)C2. The number of fused-ring (bicyclic) bond motifs is 1. The first kappa shape index (κ1) is 18.5. The number of thiophene rings is 1. The summed E-state index contributed by atoms with van der Waals surface area (Å²) in [7, 11) is 0. The first-order chi connectivity index (χ1) is 12.6. The number of nitrogens with one attached hydrogen (secondary N) is 1. The van der Waals surface area contributed by atoms with Gasteiger partial charge in [-0.05, 0) is 55.4 Å². The van der Waals surface area contributed by atoms with Crippen LogP contribution in [0.1, 0.15) is 53.2 Å². The third-order valence-electron chi connectivity index (χ3n) is 4.33. The van der Waals surface area contributed by atoms with Crippen molar-refractivity contribution in [3.05, 3.63) is 46.2 Å². The van der Waals surface area contributed by atoms with Crippen molar-refractivity contribution >= 4 is 34.3 Å². The predicted octanol–water partition coefficient (Wildman–Crippen LogP) is 4.68. The summed E-state index contributed by atoms with van der Waals surface area (Å²) < 4.78 is 10.5. The van der Waals surface area contributed by atoms with Gasteiger partial charge in [-0.15, -0.1) is 11.3 Å². The van der Waals surface area contributed by atoms with Crippen LogP contribution in [0.5, 0.6) is 0 Å². The number of hydrogen-bond acceptors (Lipinski definition) is 5. The number of rotatable bonds is 6. The average molecular weight is 373 g/mol. The summed E-state index contributed by atoms with van der Waals surface area (Å²) in [6, 6.07) is 3.52. The summed E-state index contributed by atoms with van der Waals surface area (Å²) in [4.78, 5) is 26.0. The number of carbonyl (C=O) groups excluding carboxylic acids is 2. The van der Waals surface area contributed by atoms with E-state index in [0.717, 1.165) is 31.2 Å². The maximum atomic E-state index is 12.6. The third kappa shape index (κ3) is 4.25. The maximum absolute atomic E-state index is 12.6. The van der Waals surface area contributed by atoms with Crippen LogP contribution in [0.4, 0.5) is 5.00 Å². The molecular formula is C20H23NO4S. The largest absolute Gasteiger partial charge is 0.465 e. The maximum Gasteiger partial charge on any atom is 0.341 e. The van der Waals surface area contributed by atoms with Gasteiger partial charge in [0, 0.05) is 11.0 Å². The van der Waals surface area contributed by atoms with Gasteiger partial charge >= 0.3 is 5.97 Å². The van der Waals surface area contributed by atoms with Gasteiger partial charge in [-0.3, -0.25) is 4.79 Å². The minimum Gasteiger partial charge on any atom is -0.465 e. The first-order valence-corrected chi connectivity index (χ1v) is 9.74. The van der Waals surface area contributed by atoms with E-state index < -0.39 is 0 Å². The van der Waals surface area contributed by atoms with E-state index in [9.17, 15) is 9.59 Å². The Labute approximate surface area is 157 Å². The first-order valence-electron chi connectivity index (χ1n) is 8.92. The molecule has 1 atom stereocenters. The molecule has 1 N–H and O–H groups in total. The van der Waals surface area contributed by atoms with Gasteiger partial charge in [0.25, 0.3) is 0 Å². The zero-order valence-electron chi connectivity index (χ0n) is 15.0. The van der Waals surface area contributed by atoms with Gasteiger partial charge in [0.15, 0.2) is 0 Å². The fourth-order valence-electron chi connectivity index (χ4n) is 3.02. The lowest BCUT2D eigenvalue weighted by Crippen LogP contribution is -2.16. The lowest BCUT2D eigenvalue weighted by atomic mass is 9.88. The number of amides is 1. The van der Waals surface area contributed by atoms with Crippen LogP contribution in [-0.4, -0.2) is 18.5 Å². The number of anilines is 1. The van der Waals surface area contributed by atoms with Gasteiger partial charge in [-0.25, -0.2) is 4.79 Å². The van der Waals surface area contributed by atoms with Crippen molar-refractivity contribution in [1.29, 1.82) is 0 Å². The van der Waals surface area contributed by atoms with Crippen LogP contribution in [0.25, 0.3) is 6.08 Å². The third-order valence-corrected chi connectivity index (χ3v) is 5.50. The molecule has 5 nitrogen and oxygen atoms in total. The molecule has 3 rings (SSSR count). The molecule has 138 valence electrons. The molecule has 2 aromatic heterocycles. The molecule has 0 aliphatic heterocycles. The second kappa shape index (κ2) is 8.36. The van der Waals surface area contributed by atoms with Crippen LogP contribution >= 0.6 is 11.3 Å². The summed E-state index contributed by atoms with van der Waals surface area (Å²) in [5.74, 6) is 0.548. The fourth-order valence-corrected chi connectivity index (χ4v) is 4.42. The van der Waals surface area contributed by atoms with E-state index in [2.05, 4.69) is 12.2 Å². The molecule has 0 aromatic carbocycles. The van der Waals surface area contributed by atoms with Crippen molar-refractivity contribution < 1.29 is 18.7 Å². The topological polar surface area (TPSA) is 68.5 Å². The van der Waals surface area contributed by atoms with Gasteiger partial charge in [-0.2, -0.15) is 0 Å². The number of furan rings is 1. The lowest BCUT2D eigenvalue weighted by molar-refractivity contribution is -0.111. The van der Waals surface area contributed by atoms with Crippen molar-refractivity contribution in [2.24, 2.45) is 5.92 Å². The van der Waals surface area contributed by atoms with Gasteiger partial charge in [0.1, 0.15) is 10.8 Å². The van der Waals surface area contributed by atoms with E-state index in [0.29, 0.717) is 28.8 Å². The zero-order valence-corrected chi connectivity index (χ0v) is 15.9. The number of hydrogen-bond donors (Lipinski definition) is 1. The van der Waals surface area contributed by atoms with Crippen molar-refractivity contribution in [2.75, 3.05) is 11.9 Å². The van der Waals surface area contributed by atoms with Crippen LogP contribution in [0.3, 0.4) is 0 Å². The minimum absolute atomic E-state index is 0.294. The molecule has 2 aromatic rings. The molecule has 1 amide bonds. The van der Waals surface area contributed by atoms with Crippen molar-refractivity contribution in [1.82, 2.24) is 0 Å². The van der Waals surface area contributed by atoms with Gasteiger partial charge in [0.2, 0.25) is 5.91 Å². The normalized spacial score (nSPS) is 16.5.